The van der Waals surface area contributed by atoms with Gasteiger partial charge >= 0.3 is 0 Å². The molecular formula is C22H24BrNO4. The number of methoxy groups -OCH3 is 1. The van der Waals surface area contributed by atoms with E-state index in [9.17, 15) is 4.79 Å². The normalized spacial score (nSPS) is 12.0. The predicted molar refractivity (Wildman–Crippen MR) is 113 cm³/mol. The number of nitrogens with zero attached hydrogens (tertiary/aromatic N) is 1. The van der Waals surface area contributed by atoms with Crippen LogP contribution in [0, 0.1) is 0 Å². The molecule has 0 spiro atoms. The molecular weight excluding hydrogens is 422 g/mol. The first-order valence-corrected chi connectivity index (χ1v) is 9.93. The molecule has 0 atom stereocenters. The zero-order valence-corrected chi connectivity index (χ0v) is 18.0. The number of benzene rings is 2. The van der Waals surface area contributed by atoms with Gasteiger partial charge < -0.3 is 19.1 Å². The lowest BCUT2D eigenvalue weighted by Gasteiger charge is -2.19. The van der Waals surface area contributed by atoms with Crippen LogP contribution in [0.3, 0.4) is 0 Å². The smallest absolute Gasteiger partial charge is 0.254 e. The fourth-order valence-electron chi connectivity index (χ4n) is 3.11. The fourth-order valence-corrected chi connectivity index (χ4v) is 3.60. The minimum absolute atomic E-state index is 0.0815. The van der Waals surface area contributed by atoms with Gasteiger partial charge in [-0.15, -0.1) is 0 Å². The van der Waals surface area contributed by atoms with Crippen molar-refractivity contribution < 1.29 is 19.0 Å². The first-order chi connectivity index (χ1) is 13.4. The Morgan fingerprint density at radius 3 is 2.64 bits per heavy atom. The second-order valence-corrected chi connectivity index (χ2v) is 7.50. The average Bonchev–Trinajstić information content (AvgIpc) is 3.17. The van der Waals surface area contributed by atoms with Crippen LogP contribution in [-0.4, -0.2) is 38.3 Å². The van der Waals surface area contributed by atoms with Crippen LogP contribution in [0.15, 0.2) is 41.4 Å². The Labute approximate surface area is 174 Å². The predicted octanol–water partition coefficient (Wildman–Crippen LogP) is 4.92. The third kappa shape index (κ3) is 4.17. The van der Waals surface area contributed by atoms with Gasteiger partial charge in [0.25, 0.3) is 5.91 Å². The largest absolute Gasteiger partial charge is 0.496 e. The third-order valence-corrected chi connectivity index (χ3v) is 5.51. The number of amides is 1. The van der Waals surface area contributed by atoms with Crippen molar-refractivity contribution in [2.45, 2.75) is 19.8 Å². The van der Waals surface area contributed by atoms with Crippen LogP contribution in [0.4, 0.5) is 0 Å². The molecule has 0 bridgehead atoms. The second kappa shape index (κ2) is 8.69. The molecule has 1 heterocycles. The van der Waals surface area contributed by atoms with E-state index >= 15 is 0 Å². The number of rotatable bonds is 7. The summed E-state index contributed by atoms with van der Waals surface area (Å²) in [4.78, 5) is 14.5. The highest BCUT2D eigenvalue weighted by Gasteiger charge is 2.22. The Hall–Kier alpha value is -2.47. The van der Waals surface area contributed by atoms with Gasteiger partial charge in [0, 0.05) is 18.1 Å². The molecule has 28 heavy (non-hydrogen) atoms. The van der Waals surface area contributed by atoms with Crippen molar-refractivity contribution in [2.75, 3.05) is 27.5 Å². The van der Waals surface area contributed by atoms with Gasteiger partial charge in [0.05, 0.1) is 12.7 Å². The number of hydrogen-bond donors (Lipinski definition) is 0. The Morgan fingerprint density at radius 2 is 1.96 bits per heavy atom. The summed E-state index contributed by atoms with van der Waals surface area (Å²) >= 11 is 3.45. The summed E-state index contributed by atoms with van der Waals surface area (Å²) in [5.74, 6) is 2.04. The number of carbonyl (C=O) groups is 1. The first-order valence-electron chi connectivity index (χ1n) is 9.14. The number of carbonyl (C=O) groups excluding carboxylic acids is 1. The molecule has 0 aromatic heterocycles. The molecule has 2 aromatic rings. The Morgan fingerprint density at radius 1 is 1.25 bits per heavy atom. The molecule has 148 valence electrons. The molecule has 1 aliphatic heterocycles. The van der Waals surface area contributed by atoms with Crippen LogP contribution in [0.5, 0.6) is 17.2 Å². The van der Waals surface area contributed by atoms with Gasteiger partial charge in [-0.3, -0.25) is 4.79 Å². The molecule has 6 heteroatoms. The maximum atomic E-state index is 12.9. The van der Waals surface area contributed by atoms with Crippen molar-refractivity contribution in [1.82, 2.24) is 4.90 Å². The van der Waals surface area contributed by atoms with Gasteiger partial charge in [0.1, 0.15) is 5.75 Å². The quantitative estimate of drug-likeness (QED) is 0.606. The van der Waals surface area contributed by atoms with Gasteiger partial charge in [0.15, 0.2) is 11.5 Å². The summed E-state index contributed by atoms with van der Waals surface area (Å²) < 4.78 is 16.8. The van der Waals surface area contributed by atoms with Crippen molar-refractivity contribution in [3.05, 3.63) is 58.1 Å². The number of halogens is 1. The molecule has 1 aliphatic rings. The monoisotopic (exact) mass is 445 g/mol. The molecule has 5 nitrogen and oxygen atoms in total. The van der Waals surface area contributed by atoms with Gasteiger partial charge in [-0.1, -0.05) is 19.6 Å². The molecule has 0 saturated heterocycles. The van der Waals surface area contributed by atoms with E-state index in [1.54, 1.807) is 31.2 Å². The minimum Gasteiger partial charge on any atom is -0.496 e. The highest BCUT2D eigenvalue weighted by Crippen LogP contribution is 2.37. The molecule has 0 unspecified atom stereocenters. The maximum absolute atomic E-state index is 12.9. The SMILES string of the molecule is C=C(CCN(C)C(=O)c1cc2c(cc1Br)OCO2)c1ccc(OC)c(CC)c1. The summed E-state index contributed by atoms with van der Waals surface area (Å²) in [5, 5.41) is 0. The minimum atomic E-state index is -0.0815. The zero-order chi connectivity index (χ0) is 20.3. The van der Waals surface area contributed by atoms with E-state index in [0.29, 0.717) is 34.5 Å². The van der Waals surface area contributed by atoms with Gasteiger partial charge in [0.2, 0.25) is 6.79 Å². The van der Waals surface area contributed by atoms with Crippen molar-refractivity contribution in [3.8, 4) is 17.2 Å². The van der Waals surface area contributed by atoms with Crippen molar-refractivity contribution in [3.63, 3.8) is 0 Å². The van der Waals surface area contributed by atoms with Gasteiger partial charge in [-0.05, 0) is 69.7 Å². The van der Waals surface area contributed by atoms with E-state index in [4.69, 9.17) is 14.2 Å². The first kappa shape index (κ1) is 20.3. The van der Waals surface area contributed by atoms with Crippen LogP contribution in [-0.2, 0) is 6.42 Å². The lowest BCUT2D eigenvalue weighted by Crippen LogP contribution is -2.28. The standard InChI is InChI=1S/C22H24BrNO4/c1-5-15-10-16(6-7-19(15)26-4)14(2)8-9-24(3)22(25)17-11-20-21(12-18(17)23)28-13-27-20/h6-7,10-12H,2,5,8-9,13H2,1,3-4H3. The Balaban J connectivity index is 1.66. The van der Waals surface area contributed by atoms with Crippen LogP contribution >= 0.6 is 15.9 Å². The zero-order valence-electron chi connectivity index (χ0n) is 16.4. The molecule has 0 saturated carbocycles. The number of ether oxygens (including phenoxy) is 3. The van der Waals surface area contributed by atoms with Crippen LogP contribution in [0.1, 0.15) is 34.8 Å². The highest BCUT2D eigenvalue weighted by molar-refractivity contribution is 9.10. The maximum Gasteiger partial charge on any atom is 0.254 e. The van der Waals surface area contributed by atoms with Crippen molar-refractivity contribution in [1.29, 1.82) is 0 Å². The van der Waals surface area contributed by atoms with E-state index in [2.05, 4.69) is 35.5 Å². The fraction of sp³-hybridized carbons (Fsp3) is 0.318. The Bertz CT molecular complexity index is 910. The summed E-state index contributed by atoms with van der Waals surface area (Å²) in [6.07, 6.45) is 1.57. The van der Waals surface area contributed by atoms with E-state index in [1.807, 2.05) is 12.1 Å². The lowest BCUT2D eigenvalue weighted by molar-refractivity contribution is 0.0797. The van der Waals surface area contributed by atoms with Gasteiger partial charge in [-0.25, -0.2) is 0 Å². The van der Waals surface area contributed by atoms with E-state index in [-0.39, 0.29) is 12.7 Å². The molecule has 2 aromatic carbocycles. The summed E-state index contributed by atoms with van der Waals surface area (Å²) in [6, 6.07) is 9.58. The summed E-state index contributed by atoms with van der Waals surface area (Å²) in [7, 11) is 3.47. The third-order valence-electron chi connectivity index (χ3n) is 4.86. The summed E-state index contributed by atoms with van der Waals surface area (Å²) in [5.41, 5.74) is 3.76. The summed E-state index contributed by atoms with van der Waals surface area (Å²) in [6.45, 7) is 7.04. The topological polar surface area (TPSA) is 48.0 Å². The van der Waals surface area contributed by atoms with Crippen LogP contribution < -0.4 is 14.2 Å². The number of aryl methyl sites for hydroxylation is 1. The van der Waals surface area contributed by atoms with E-state index in [1.165, 1.54) is 0 Å². The molecule has 0 aliphatic carbocycles. The van der Waals surface area contributed by atoms with Crippen LogP contribution in [0.2, 0.25) is 0 Å². The molecule has 3 rings (SSSR count). The lowest BCUT2D eigenvalue weighted by atomic mass is 10.00. The van der Waals surface area contributed by atoms with Gasteiger partial charge in [-0.2, -0.15) is 0 Å². The molecule has 1 amide bonds. The van der Waals surface area contributed by atoms with Crippen molar-refractivity contribution >= 4 is 27.4 Å². The molecule has 0 radical (unpaired) electrons. The molecule has 0 fully saturated rings. The second-order valence-electron chi connectivity index (χ2n) is 6.65. The van der Waals surface area contributed by atoms with Crippen LogP contribution in [0.25, 0.3) is 5.57 Å². The number of fused-ring (bicyclic) bond motifs is 1. The van der Waals surface area contributed by atoms with E-state index in [0.717, 1.165) is 28.9 Å². The van der Waals surface area contributed by atoms with E-state index < -0.39 is 0 Å². The van der Waals surface area contributed by atoms with Crippen molar-refractivity contribution in [2.24, 2.45) is 0 Å². The molecule has 0 N–H and O–H groups in total. The highest BCUT2D eigenvalue weighted by atomic mass is 79.9. The number of hydrogen-bond acceptors (Lipinski definition) is 4. The Kier molecular flexibility index (Phi) is 6.29. The average molecular weight is 446 g/mol.